The standard InChI is InChI=1S/C37H26N4O/c1-40-34-18-10-14-27(36(34)39-37(40)30-13-4-7-19-35(30)42)24-21-25(31-15-8-9-20-38-31)23-26(22-24)41-32-16-5-2-11-28(32)29-12-3-6-17-33(29)41/h2-23,42H,1H3. The first kappa shape index (κ1) is 24.1. The molecule has 0 bridgehead atoms. The Kier molecular flexibility index (Phi) is 5.44. The number of nitrogens with zero attached hydrogens (tertiary/aromatic N) is 4. The number of hydrogen-bond acceptors (Lipinski definition) is 3. The van der Waals surface area contributed by atoms with Crippen LogP contribution in [0.2, 0.25) is 0 Å². The van der Waals surface area contributed by atoms with E-state index in [1.807, 2.05) is 54.2 Å². The summed E-state index contributed by atoms with van der Waals surface area (Å²) in [4.78, 5) is 9.80. The summed E-state index contributed by atoms with van der Waals surface area (Å²) < 4.78 is 4.39. The Balaban J connectivity index is 1.42. The third-order valence-corrected chi connectivity index (χ3v) is 8.08. The van der Waals surface area contributed by atoms with Crippen molar-refractivity contribution in [2.45, 2.75) is 0 Å². The summed E-state index contributed by atoms with van der Waals surface area (Å²) in [7, 11) is 1.99. The maximum atomic E-state index is 10.6. The number of rotatable bonds is 4. The Morgan fingerprint density at radius 3 is 1.98 bits per heavy atom. The lowest BCUT2D eigenvalue weighted by atomic mass is 9.99. The predicted octanol–water partition coefficient (Wildman–Crippen LogP) is 8.77. The largest absolute Gasteiger partial charge is 0.507 e. The number of phenols is 1. The first-order valence-electron chi connectivity index (χ1n) is 14.0. The molecule has 5 nitrogen and oxygen atoms in total. The molecule has 0 saturated carbocycles. The lowest BCUT2D eigenvalue weighted by Gasteiger charge is -2.14. The number of aromatic nitrogens is 4. The number of para-hydroxylation sites is 4. The van der Waals surface area contributed by atoms with E-state index >= 15 is 0 Å². The minimum atomic E-state index is 0.211. The van der Waals surface area contributed by atoms with Crippen molar-refractivity contribution < 1.29 is 5.11 Å². The second-order valence-corrected chi connectivity index (χ2v) is 10.5. The summed E-state index contributed by atoms with van der Waals surface area (Å²) in [6, 6.07) is 43.4. The number of phenolic OH excluding ortho intramolecular Hbond substituents is 1. The average molecular weight is 543 g/mol. The third-order valence-electron chi connectivity index (χ3n) is 8.08. The number of aryl methyl sites for hydroxylation is 1. The van der Waals surface area contributed by atoms with Gasteiger partial charge in [0.1, 0.15) is 11.6 Å². The molecule has 200 valence electrons. The zero-order valence-corrected chi connectivity index (χ0v) is 22.9. The van der Waals surface area contributed by atoms with Crippen LogP contribution in [0, 0.1) is 0 Å². The van der Waals surface area contributed by atoms with Crippen LogP contribution in [0.25, 0.3) is 72.3 Å². The van der Waals surface area contributed by atoms with Crippen molar-refractivity contribution in [1.82, 2.24) is 19.1 Å². The zero-order valence-electron chi connectivity index (χ0n) is 22.9. The van der Waals surface area contributed by atoms with Gasteiger partial charge < -0.3 is 14.2 Å². The number of imidazole rings is 1. The minimum Gasteiger partial charge on any atom is -0.507 e. The highest BCUT2D eigenvalue weighted by molar-refractivity contribution is 6.09. The van der Waals surface area contributed by atoms with Crippen molar-refractivity contribution in [2.24, 2.45) is 7.05 Å². The second-order valence-electron chi connectivity index (χ2n) is 10.5. The first-order valence-corrected chi connectivity index (χ1v) is 14.0. The Labute approximate surface area is 242 Å². The minimum absolute atomic E-state index is 0.211. The van der Waals surface area contributed by atoms with Crippen LogP contribution in [0.3, 0.4) is 0 Å². The first-order chi connectivity index (χ1) is 20.7. The van der Waals surface area contributed by atoms with Gasteiger partial charge in [0.2, 0.25) is 0 Å². The number of aromatic hydroxyl groups is 1. The normalized spacial score (nSPS) is 11.5. The molecule has 8 aromatic rings. The average Bonchev–Trinajstić information content (AvgIpc) is 3.56. The molecular weight excluding hydrogens is 516 g/mol. The van der Waals surface area contributed by atoms with E-state index in [4.69, 9.17) is 9.97 Å². The van der Waals surface area contributed by atoms with Crippen molar-refractivity contribution >= 4 is 32.8 Å². The molecule has 8 rings (SSSR count). The molecule has 0 amide bonds. The lowest BCUT2D eigenvalue weighted by Crippen LogP contribution is -1.96. The van der Waals surface area contributed by atoms with Gasteiger partial charge in [0.05, 0.1) is 33.3 Å². The quantitative estimate of drug-likeness (QED) is 0.242. The van der Waals surface area contributed by atoms with Gasteiger partial charge in [0.15, 0.2) is 0 Å². The third kappa shape index (κ3) is 3.71. The van der Waals surface area contributed by atoms with E-state index in [9.17, 15) is 5.11 Å². The lowest BCUT2D eigenvalue weighted by molar-refractivity contribution is 0.476. The van der Waals surface area contributed by atoms with E-state index in [0.717, 1.165) is 56.0 Å². The molecule has 0 unspecified atom stereocenters. The highest BCUT2D eigenvalue weighted by Crippen LogP contribution is 2.38. The fourth-order valence-electron chi connectivity index (χ4n) is 6.13. The molecule has 0 atom stereocenters. The van der Waals surface area contributed by atoms with Crippen LogP contribution in [0.1, 0.15) is 0 Å². The van der Waals surface area contributed by atoms with Gasteiger partial charge in [-0.3, -0.25) is 4.98 Å². The molecule has 3 aromatic heterocycles. The summed E-state index contributed by atoms with van der Waals surface area (Å²) in [5.74, 6) is 0.933. The van der Waals surface area contributed by atoms with Gasteiger partial charge in [-0.1, -0.05) is 66.7 Å². The molecule has 0 saturated heterocycles. The van der Waals surface area contributed by atoms with Crippen LogP contribution >= 0.6 is 0 Å². The van der Waals surface area contributed by atoms with Gasteiger partial charge in [0.25, 0.3) is 0 Å². The number of hydrogen-bond donors (Lipinski definition) is 1. The van der Waals surface area contributed by atoms with Crippen LogP contribution in [-0.2, 0) is 7.05 Å². The number of benzene rings is 5. The monoisotopic (exact) mass is 542 g/mol. The maximum absolute atomic E-state index is 10.6. The van der Waals surface area contributed by atoms with Crippen LogP contribution in [-0.4, -0.2) is 24.2 Å². The number of fused-ring (bicyclic) bond motifs is 4. The van der Waals surface area contributed by atoms with E-state index in [0.29, 0.717) is 5.56 Å². The molecule has 0 fully saturated rings. The highest BCUT2D eigenvalue weighted by atomic mass is 16.3. The maximum Gasteiger partial charge on any atom is 0.144 e. The van der Waals surface area contributed by atoms with Crippen molar-refractivity contribution in [1.29, 1.82) is 0 Å². The molecule has 0 aliphatic heterocycles. The van der Waals surface area contributed by atoms with E-state index in [1.54, 1.807) is 6.07 Å². The molecular formula is C37H26N4O. The van der Waals surface area contributed by atoms with Crippen molar-refractivity contribution in [3.63, 3.8) is 0 Å². The SMILES string of the molecule is Cn1c(-c2ccccc2O)nc2c(-c3cc(-c4ccccn4)cc(-n4c5ccccc5c5ccccc54)c3)cccc21. The van der Waals surface area contributed by atoms with Crippen LogP contribution in [0.15, 0.2) is 134 Å². The van der Waals surface area contributed by atoms with Gasteiger partial charge in [-0.25, -0.2) is 4.98 Å². The summed E-state index contributed by atoms with van der Waals surface area (Å²) >= 11 is 0. The van der Waals surface area contributed by atoms with Crippen LogP contribution < -0.4 is 0 Å². The molecule has 5 aromatic carbocycles. The molecule has 0 spiro atoms. The van der Waals surface area contributed by atoms with E-state index in [1.165, 1.54) is 10.8 Å². The smallest absolute Gasteiger partial charge is 0.144 e. The van der Waals surface area contributed by atoms with Crippen LogP contribution in [0.5, 0.6) is 5.75 Å². The van der Waals surface area contributed by atoms with E-state index in [-0.39, 0.29) is 5.75 Å². The van der Waals surface area contributed by atoms with Crippen molar-refractivity contribution in [3.8, 4) is 45.2 Å². The van der Waals surface area contributed by atoms with Gasteiger partial charge in [-0.05, 0) is 66.2 Å². The Morgan fingerprint density at radius 1 is 0.595 bits per heavy atom. The topological polar surface area (TPSA) is 55.9 Å². The summed E-state index contributed by atoms with van der Waals surface area (Å²) in [5, 5.41) is 13.1. The fraction of sp³-hybridized carbons (Fsp3) is 0.0270. The van der Waals surface area contributed by atoms with Gasteiger partial charge in [0, 0.05) is 40.8 Å². The van der Waals surface area contributed by atoms with Gasteiger partial charge >= 0.3 is 0 Å². The Hall–Kier alpha value is -5.68. The Morgan fingerprint density at radius 2 is 1.24 bits per heavy atom. The molecule has 3 heterocycles. The summed E-state index contributed by atoms with van der Waals surface area (Å²) in [5.41, 5.74) is 9.93. The van der Waals surface area contributed by atoms with E-state index < -0.39 is 0 Å². The molecule has 5 heteroatoms. The van der Waals surface area contributed by atoms with E-state index in [2.05, 4.69) is 89.5 Å². The Bertz CT molecular complexity index is 2220. The fourth-order valence-corrected chi connectivity index (χ4v) is 6.13. The number of pyridine rings is 1. The van der Waals surface area contributed by atoms with Crippen LogP contribution in [0.4, 0.5) is 0 Å². The van der Waals surface area contributed by atoms with Crippen molar-refractivity contribution in [3.05, 3.63) is 134 Å². The molecule has 1 N–H and O–H groups in total. The molecule has 0 radical (unpaired) electrons. The summed E-state index contributed by atoms with van der Waals surface area (Å²) in [6.45, 7) is 0. The highest BCUT2D eigenvalue weighted by Gasteiger charge is 2.18. The summed E-state index contributed by atoms with van der Waals surface area (Å²) in [6.07, 6.45) is 1.83. The molecule has 0 aliphatic rings. The van der Waals surface area contributed by atoms with Crippen molar-refractivity contribution in [2.75, 3.05) is 0 Å². The van der Waals surface area contributed by atoms with Gasteiger partial charge in [-0.2, -0.15) is 0 Å². The second kappa shape index (κ2) is 9.46. The molecule has 0 aliphatic carbocycles. The zero-order chi connectivity index (χ0) is 28.2. The van der Waals surface area contributed by atoms with Gasteiger partial charge in [-0.15, -0.1) is 0 Å². The predicted molar refractivity (Wildman–Crippen MR) is 171 cm³/mol. The molecule has 42 heavy (non-hydrogen) atoms.